The number of rotatable bonds is 8. The monoisotopic (exact) mass is 365 g/mol. The number of carbonyl (C=O) groups is 2. The summed E-state index contributed by atoms with van der Waals surface area (Å²) in [7, 11) is 0. The minimum absolute atomic E-state index is 0.0175. The van der Waals surface area contributed by atoms with Crippen LogP contribution in [0.2, 0.25) is 0 Å². The summed E-state index contributed by atoms with van der Waals surface area (Å²) in [4.78, 5) is 25.2. The number of ether oxygens (including phenoxy) is 3. The molecular formula is C18H27N3O5. The van der Waals surface area contributed by atoms with Gasteiger partial charge in [-0.3, -0.25) is 4.79 Å². The molecule has 1 aliphatic rings. The molecule has 1 heterocycles. The first-order chi connectivity index (χ1) is 12.6. The highest BCUT2D eigenvalue weighted by Gasteiger charge is 2.22. The summed E-state index contributed by atoms with van der Waals surface area (Å²) >= 11 is 0. The fourth-order valence-electron chi connectivity index (χ4n) is 2.54. The van der Waals surface area contributed by atoms with Crippen molar-refractivity contribution >= 4 is 17.6 Å². The first kappa shape index (κ1) is 20.0. The van der Waals surface area contributed by atoms with Crippen LogP contribution in [-0.4, -0.2) is 69.0 Å². The van der Waals surface area contributed by atoms with E-state index >= 15 is 0 Å². The molecule has 2 N–H and O–H groups in total. The summed E-state index contributed by atoms with van der Waals surface area (Å²) in [6, 6.07) is 6.82. The molecule has 0 radical (unpaired) electrons. The zero-order chi connectivity index (χ0) is 18.8. The maximum absolute atomic E-state index is 12.1. The average molecular weight is 365 g/mol. The second-order valence-corrected chi connectivity index (χ2v) is 5.87. The van der Waals surface area contributed by atoms with Crippen LogP contribution in [0.1, 0.15) is 13.8 Å². The van der Waals surface area contributed by atoms with Gasteiger partial charge in [-0.05, 0) is 19.1 Å². The Labute approximate surface area is 153 Å². The number of hydrogen-bond donors (Lipinski definition) is 2. The molecule has 0 spiro atoms. The average Bonchev–Trinajstić information content (AvgIpc) is 2.64. The lowest BCUT2D eigenvalue weighted by molar-refractivity contribution is -0.136. The molecule has 1 aliphatic heterocycles. The number of amides is 3. The van der Waals surface area contributed by atoms with Gasteiger partial charge in [0.1, 0.15) is 12.4 Å². The molecule has 0 saturated carbocycles. The van der Waals surface area contributed by atoms with Gasteiger partial charge < -0.3 is 29.7 Å². The summed E-state index contributed by atoms with van der Waals surface area (Å²) in [5.41, 5.74) is 0.631. The number of nitrogens with zero attached hydrogens (tertiary/aromatic N) is 1. The maximum Gasteiger partial charge on any atom is 0.319 e. The van der Waals surface area contributed by atoms with Crippen molar-refractivity contribution in [2.24, 2.45) is 0 Å². The van der Waals surface area contributed by atoms with Gasteiger partial charge in [-0.2, -0.15) is 0 Å². The molecule has 1 unspecified atom stereocenters. The molecule has 1 saturated heterocycles. The van der Waals surface area contributed by atoms with E-state index < -0.39 is 0 Å². The zero-order valence-corrected chi connectivity index (χ0v) is 15.3. The van der Waals surface area contributed by atoms with E-state index in [0.717, 1.165) is 0 Å². The number of urea groups is 1. The Morgan fingerprint density at radius 2 is 2.19 bits per heavy atom. The molecule has 1 aromatic carbocycles. The molecule has 0 bridgehead atoms. The van der Waals surface area contributed by atoms with Crippen molar-refractivity contribution in [2.75, 3.05) is 51.4 Å². The molecule has 8 heteroatoms. The van der Waals surface area contributed by atoms with Crippen LogP contribution in [-0.2, 0) is 14.3 Å². The van der Waals surface area contributed by atoms with Crippen LogP contribution in [0.25, 0.3) is 0 Å². The highest BCUT2D eigenvalue weighted by Crippen LogP contribution is 2.17. The van der Waals surface area contributed by atoms with Gasteiger partial charge in [0.2, 0.25) is 5.91 Å². The van der Waals surface area contributed by atoms with Gasteiger partial charge >= 0.3 is 6.03 Å². The Kier molecular flexibility index (Phi) is 8.17. The Balaban J connectivity index is 1.74. The van der Waals surface area contributed by atoms with Crippen molar-refractivity contribution in [1.82, 2.24) is 10.2 Å². The van der Waals surface area contributed by atoms with E-state index in [1.54, 1.807) is 23.1 Å². The van der Waals surface area contributed by atoms with Crippen LogP contribution in [0.3, 0.4) is 0 Å². The number of hydrogen-bond acceptors (Lipinski definition) is 5. The second-order valence-electron chi connectivity index (χ2n) is 5.87. The molecule has 2 rings (SSSR count). The normalized spacial score (nSPS) is 16.8. The van der Waals surface area contributed by atoms with Gasteiger partial charge in [0.15, 0.2) is 0 Å². The van der Waals surface area contributed by atoms with Crippen LogP contribution >= 0.6 is 0 Å². The van der Waals surface area contributed by atoms with Crippen LogP contribution in [0.15, 0.2) is 24.3 Å². The summed E-state index contributed by atoms with van der Waals surface area (Å²) in [5.74, 6) is 0.680. The summed E-state index contributed by atoms with van der Waals surface area (Å²) in [6.45, 7) is 6.98. The standard InChI is InChI=1S/C18H27N3O5/c1-3-24-9-10-26-16-6-4-5-15(11-16)20-18(23)19-12-17-13-21(14(2)22)7-8-25-17/h4-6,11,17H,3,7-10,12-13H2,1-2H3,(H2,19,20,23). The van der Waals surface area contributed by atoms with E-state index in [2.05, 4.69) is 10.6 Å². The Morgan fingerprint density at radius 3 is 2.96 bits per heavy atom. The molecule has 8 nitrogen and oxygen atoms in total. The smallest absolute Gasteiger partial charge is 0.319 e. The zero-order valence-electron chi connectivity index (χ0n) is 15.3. The Bertz CT molecular complexity index is 596. The minimum atomic E-state index is -0.333. The van der Waals surface area contributed by atoms with E-state index in [0.29, 0.717) is 57.5 Å². The highest BCUT2D eigenvalue weighted by atomic mass is 16.5. The lowest BCUT2D eigenvalue weighted by Crippen LogP contribution is -2.49. The summed E-state index contributed by atoms with van der Waals surface area (Å²) in [6.07, 6.45) is -0.202. The molecule has 3 amide bonds. The largest absolute Gasteiger partial charge is 0.491 e. The van der Waals surface area contributed by atoms with E-state index in [9.17, 15) is 9.59 Å². The molecule has 1 atom stereocenters. The van der Waals surface area contributed by atoms with Crippen molar-refractivity contribution in [2.45, 2.75) is 20.0 Å². The third-order valence-electron chi connectivity index (χ3n) is 3.87. The molecule has 1 aromatic rings. The van der Waals surface area contributed by atoms with Crippen LogP contribution in [0.4, 0.5) is 10.5 Å². The van der Waals surface area contributed by atoms with E-state index in [-0.39, 0.29) is 18.0 Å². The predicted octanol–water partition coefficient (Wildman–Crippen LogP) is 1.47. The summed E-state index contributed by atoms with van der Waals surface area (Å²) in [5, 5.41) is 5.53. The van der Waals surface area contributed by atoms with Crippen LogP contribution in [0.5, 0.6) is 5.75 Å². The van der Waals surface area contributed by atoms with Gasteiger partial charge in [-0.15, -0.1) is 0 Å². The van der Waals surface area contributed by atoms with Gasteiger partial charge in [0.05, 0.1) is 19.3 Å². The minimum Gasteiger partial charge on any atom is -0.491 e. The lowest BCUT2D eigenvalue weighted by Gasteiger charge is -2.32. The van der Waals surface area contributed by atoms with Gasteiger partial charge in [0.25, 0.3) is 0 Å². The number of morpholine rings is 1. The van der Waals surface area contributed by atoms with E-state index in [4.69, 9.17) is 14.2 Å². The topological polar surface area (TPSA) is 89.1 Å². The van der Waals surface area contributed by atoms with Crippen molar-refractivity contribution in [3.63, 3.8) is 0 Å². The third kappa shape index (κ3) is 6.89. The Morgan fingerprint density at radius 1 is 1.35 bits per heavy atom. The first-order valence-corrected chi connectivity index (χ1v) is 8.81. The molecule has 144 valence electrons. The number of nitrogens with one attached hydrogen (secondary N) is 2. The van der Waals surface area contributed by atoms with E-state index in [1.165, 1.54) is 6.92 Å². The second kappa shape index (κ2) is 10.6. The van der Waals surface area contributed by atoms with Crippen molar-refractivity contribution < 1.29 is 23.8 Å². The lowest BCUT2D eigenvalue weighted by atomic mass is 10.2. The van der Waals surface area contributed by atoms with E-state index in [1.807, 2.05) is 13.0 Å². The van der Waals surface area contributed by atoms with Gasteiger partial charge in [-0.1, -0.05) is 6.07 Å². The first-order valence-electron chi connectivity index (χ1n) is 8.81. The molecule has 0 aromatic heterocycles. The van der Waals surface area contributed by atoms with Gasteiger partial charge in [-0.25, -0.2) is 4.79 Å². The fraction of sp³-hybridized carbons (Fsp3) is 0.556. The van der Waals surface area contributed by atoms with Crippen molar-refractivity contribution in [1.29, 1.82) is 0 Å². The SMILES string of the molecule is CCOCCOc1cccc(NC(=O)NCC2CN(C(C)=O)CCO2)c1. The number of carbonyl (C=O) groups excluding carboxylic acids is 2. The van der Waals surface area contributed by atoms with Crippen LogP contribution < -0.4 is 15.4 Å². The quantitative estimate of drug-likeness (QED) is 0.681. The summed E-state index contributed by atoms with van der Waals surface area (Å²) < 4.78 is 16.4. The third-order valence-corrected chi connectivity index (χ3v) is 3.87. The molecule has 26 heavy (non-hydrogen) atoms. The highest BCUT2D eigenvalue weighted by molar-refractivity contribution is 5.89. The maximum atomic E-state index is 12.1. The Hall–Kier alpha value is -2.32. The fourth-order valence-corrected chi connectivity index (χ4v) is 2.54. The molecule has 0 aliphatic carbocycles. The predicted molar refractivity (Wildman–Crippen MR) is 97.4 cm³/mol. The van der Waals surface area contributed by atoms with Crippen molar-refractivity contribution in [3.05, 3.63) is 24.3 Å². The number of anilines is 1. The van der Waals surface area contributed by atoms with Crippen LogP contribution in [0, 0.1) is 0 Å². The van der Waals surface area contributed by atoms with Gasteiger partial charge in [0, 0.05) is 44.9 Å². The molecule has 1 fully saturated rings. The van der Waals surface area contributed by atoms with Crippen molar-refractivity contribution in [3.8, 4) is 5.75 Å². The number of benzene rings is 1. The molecular weight excluding hydrogens is 338 g/mol.